The molecule has 3 aliphatic rings. The van der Waals surface area contributed by atoms with Gasteiger partial charge in [-0.15, -0.1) is 5.10 Å². The third-order valence-corrected chi connectivity index (χ3v) is 4.74. The van der Waals surface area contributed by atoms with E-state index in [0.717, 1.165) is 57.0 Å². The molecule has 3 atom stereocenters. The number of nitrogens with zero attached hydrogens (tertiary/aromatic N) is 3. The van der Waals surface area contributed by atoms with Crippen LogP contribution in [0.15, 0.2) is 0 Å². The molecule has 0 saturated carbocycles. The molecule has 0 aliphatic carbocycles. The van der Waals surface area contributed by atoms with Crippen LogP contribution in [0.1, 0.15) is 31.0 Å². The summed E-state index contributed by atoms with van der Waals surface area (Å²) in [5, 5.41) is 11.1. The van der Waals surface area contributed by atoms with Crippen molar-refractivity contribution in [3.05, 3.63) is 5.82 Å². The predicted octanol–water partition coefficient (Wildman–Crippen LogP) is 0.497. The van der Waals surface area contributed by atoms with Gasteiger partial charge in [0.25, 0.3) is 0 Å². The van der Waals surface area contributed by atoms with Crippen molar-refractivity contribution in [2.24, 2.45) is 5.92 Å². The Morgan fingerprint density at radius 3 is 3.16 bits per heavy atom. The van der Waals surface area contributed by atoms with E-state index >= 15 is 0 Å². The van der Waals surface area contributed by atoms with Crippen LogP contribution in [0.5, 0.6) is 0 Å². The van der Waals surface area contributed by atoms with Gasteiger partial charge in [-0.1, -0.05) is 0 Å². The van der Waals surface area contributed by atoms with E-state index in [-0.39, 0.29) is 0 Å². The van der Waals surface area contributed by atoms with Gasteiger partial charge in [0.05, 0.1) is 6.61 Å². The topological polar surface area (TPSA) is 66.1 Å². The molecule has 1 aromatic heterocycles. The van der Waals surface area contributed by atoms with Crippen molar-refractivity contribution in [2.75, 3.05) is 37.7 Å². The minimum absolute atomic E-state index is 0.406. The fraction of sp³-hybridized carbons (Fsp3) is 0.846. The molecule has 0 aromatic carbocycles. The predicted molar refractivity (Wildman–Crippen MR) is 71.3 cm³/mol. The number of aromatic nitrogens is 3. The molecule has 3 fully saturated rings. The van der Waals surface area contributed by atoms with Gasteiger partial charge in [0.15, 0.2) is 0 Å². The number of hydrogen-bond acceptors (Lipinski definition) is 5. The van der Waals surface area contributed by atoms with Crippen LogP contribution in [-0.4, -0.2) is 54.1 Å². The summed E-state index contributed by atoms with van der Waals surface area (Å²) in [7, 11) is 0. The zero-order chi connectivity index (χ0) is 12.7. The Balaban J connectivity index is 1.54. The van der Waals surface area contributed by atoms with Crippen molar-refractivity contribution < 1.29 is 4.74 Å². The van der Waals surface area contributed by atoms with Crippen molar-refractivity contribution in [3.63, 3.8) is 0 Å². The summed E-state index contributed by atoms with van der Waals surface area (Å²) in [6.45, 7) is 4.93. The highest BCUT2D eigenvalue weighted by Gasteiger charge is 2.36. The quantitative estimate of drug-likeness (QED) is 0.813. The molecule has 0 amide bonds. The molecule has 2 N–H and O–H groups in total. The van der Waals surface area contributed by atoms with Gasteiger partial charge in [-0.05, 0) is 25.2 Å². The lowest BCUT2D eigenvalue weighted by Crippen LogP contribution is -2.45. The Hall–Kier alpha value is -1.14. The molecule has 6 nitrogen and oxygen atoms in total. The third kappa shape index (κ3) is 2.03. The number of ether oxygens (including phenoxy) is 1. The maximum Gasteiger partial charge on any atom is 0.245 e. The Kier molecular flexibility index (Phi) is 2.92. The third-order valence-electron chi connectivity index (χ3n) is 4.74. The molecule has 1 aromatic rings. The minimum Gasteiger partial charge on any atom is -0.381 e. The summed E-state index contributed by atoms with van der Waals surface area (Å²) in [5.74, 6) is 3.06. The Bertz CT molecular complexity index is 442. The van der Waals surface area contributed by atoms with E-state index in [1.807, 2.05) is 0 Å². The van der Waals surface area contributed by atoms with Crippen LogP contribution in [0, 0.1) is 5.92 Å². The second kappa shape index (κ2) is 4.76. The van der Waals surface area contributed by atoms with Crippen LogP contribution in [0.4, 0.5) is 5.95 Å². The maximum atomic E-state index is 5.42. The molecule has 4 rings (SSSR count). The fourth-order valence-corrected chi connectivity index (χ4v) is 3.64. The summed E-state index contributed by atoms with van der Waals surface area (Å²) in [5.41, 5.74) is 0. The molecular weight excluding hydrogens is 242 g/mol. The normalized spacial score (nSPS) is 34.7. The van der Waals surface area contributed by atoms with E-state index in [2.05, 4.69) is 20.4 Å². The molecule has 0 bridgehead atoms. The molecule has 3 aliphatic heterocycles. The lowest BCUT2D eigenvalue weighted by molar-refractivity contribution is 0.193. The number of piperidine rings is 1. The van der Waals surface area contributed by atoms with Gasteiger partial charge in [0.1, 0.15) is 5.82 Å². The zero-order valence-corrected chi connectivity index (χ0v) is 11.1. The summed E-state index contributed by atoms with van der Waals surface area (Å²) in [4.78, 5) is 7.12. The standard InChI is InChI=1S/C13H21N5O/c1-2-9-6-14-7-11(9)18(4-1)13-15-12(16-17-13)10-3-5-19-8-10/h9-11,14H,1-8H2,(H,15,16,17). The van der Waals surface area contributed by atoms with E-state index in [9.17, 15) is 0 Å². The summed E-state index contributed by atoms with van der Waals surface area (Å²) in [6, 6.07) is 0.581. The Labute approximate surface area is 112 Å². The first-order valence-electron chi connectivity index (χ1n) is 7.39. The van der Waals surface area contributed by atoms with Crippen molar-refractivity contribution in [1.82, 2.24) is 20.5 Å². The van der Waals surface area contributed by atoms with E-state index < -0.39 is 0 Å². The first-order chi connectivity index (χ1) is 9.42. The van der Waals surface area contributed by atoms with Crippen LogP contribution < -0.4 is 10.2 Å². The van der Waals surface area contributed by atoms with Gasteiger partial charge in [0.2, 0.25) is 5.95 Å². The molecule has 0 spiro atoms. The zero-order valence-electron chi connectivity index (χ0n) is 11.1. The van der Waals surface area contributed by atoms with Gasteiger partial charge in [-0.2, -0.15) is 4.98 Å². The van der Waals surface area contributed by atoms with Gasteiger partial charge in [-0.25, -0.2) is 0 Å². The second-order valence-corrected chi connectivity index (χ2v) is 5.90. The van der Waals surface area contributed by atoms with Gasteiger partial charge in [0, 0.05) is 38.2 Å². The number of hydrogen-bond donors (Lipinski definition) is 2. The molecule has 3 saturated heterocycles. The van der Waals surface area contributed by atoms with Gasteiger partial charge in [-0.3, -0.25) is 5.10 Å². The van der Waals surface area contributed by atoms with Crippen LogP contribution in [-0.2, 0) is 4.74 Å². The Morgan fingerprint density at radius 2 is 2.26 bits per heavy atom. The van der Waals surface area contributed by atoms with Crippen LogP contribution >= 0.6 is 0 Å². The number of aromatic amines is 1. The number of nitrogens with one attached hydrogen (secondary N) is 2. The van der Waals surface area contributed by atoms with E-state index in [1.165, 1.54) is 12.8 Å². The van der Waals surface area contributed by atoms with Crippen molar-refractivity contribution in [3.8, 4) is 0 Å². The highest BCUT2D eigenvalue weighted by atomic mass is 16.5. The average molecular weight is 263 g/mol. The summed E-state index contributed by atoms with van der Waals surface area (Å²) in [6.07, 6.45) is 3.64. The number of anilines is 1. The largest absolute Gasteiger partial charge is 0.381 e. The first kappa shape index (κ1) is 11.7. The maximum absolute atomic E-state index is 5.42. The van der Waals surface area contributed by atoms with Crippen LogP contribution in [0.3, 0.4) is 0 Å². The molecule has 4 heterocycles. The molecule has 0 radical (unpaired) electrons. The molecule has 104 valence electrons. The lowest BCUT2D eigenvalue weighted by Gasteiger charge is -2.36. The highest BCUT2D eigenvalue weighted by molar-refractivity contribution is 5.34. The summed E-state index contributed by atoms with van der Waals surface area (Å²) >= 11 is 0. The first-order valence-corrected chi connectivity index (χ1v) is 7.39. The van der Waals surface area contributed by atoms with Gasteiger partial charge < -0.3 is 15.0 Å². The van der Waals surface area contributed by atoms with E-state index in [1.54, 1.807) is 0 Å². The second-order valence-electron chi connectivity index (χ2n) is 5.90. The minimum atomic E-state index is 0.406. The van der Waals surface area contributed by atoms with E-state index in [4.69, 9.17) is 9.72 Å². The SMILES string of the molecule is C1CC2CNCC2N(c2n[nH]c(C3CCOC3)n2)C1. The van der Waals surface area contributed by atoms with Crippen LogP contribution in [0.25, 0.3) is 0 Å². The lowest BCUT2D eigenvalue weighted by atomic mass is 9.92. The van der Waals surface area contributed by atoms with Gasteiger partial charge >= 0.3 is 0 Å². The average Bonchev–Trinajstić information content (AvgIpc) is 3.18. The fourth-order valence-electron chi connectivity index (χ4n) is 3.64. The molecule has 3 unspecified atom stereocenters. The smallest absolute Gasteiger partial charge is 0.245 e. The number of H-pyrrole nitrogens is 1. The highest BCUT2D eigenvalue weighted by Crippen LogP contribution is 2.30. The summed E-state index contributed by atoms with van der Waals surface area (Å²) < 4.78 is 5.42. The molecular formula is C13H21N5O. The Morgan fingerprint density at radius 1 is 1.26 bits per heavy atom. The monoisotopic (exact) mass is 263 g/mol. The van der Waals surface area contributed by atoms with Crippen LogP contribution in [0.2, 0.25) is 0 Å². The molecule has 19 heavy (non-hydrogen) atoms. The number of fused-ring (bicyclic) bond motifs is 1. The van der Waals surface area contributed by atoms with E-state index in [0.29, 0.717) is 12.0 Å². The van der Waals surface area contributed by atoms with Crippen molar-refractivity contribution in [2.45, 2.75) is 31.2 Å². The van der Waals surface area contributed by atoms with Crippen molar-refractivity contribution >= 4 is 5.95 Å². The number of rotatable bonds is 2. The molecule has 6 heteroatoms. The van der Waals surface area contributed by atoms with Crippen molar-refractivity contribution in [1.29, 1.82) is 0 Å².